The van der Waals surface area contributed by atoms with Crippen molar-refractivity contribution in [3.8, 4) is 0 Å². The summed E-state index contributed by atoms with van der Waals surface area (Å²) in [4.78, 5) is 8.54. The first-order valence-electron chi connectivity index (χ1n) is 6.05. The van der Waals surface area contributed by atoms with Crippen molar-refractivity contribution in [1.29, 1.82) is 0 Å². The van der Waals surface area contributed by atoms with Gasteiger partial charge in [0, 0.05) is 26.2 Å². The molecule has 102 valence electrons. The topological polar surface area (TPSA) is 69.2 Å². The van der Waals surface area contributed by atoms with Gasteiger partial charge in [0.15, 0.2) is 5.82 Å². The fraction of sp³-hybridized carbons (Fsp3) is 0.727. The number of anilines is 2. The van der Waals surface area contributed by atoms with Crippen molar-refractivity contribution >= 4 is 11.8 Å². The molecule has 2 N–H and O–H groups in total. The van der Waals surface area contributed by atoms with Gasteiger partial charge in [0.1, 0.15) is 0 Å². The van der Waals surface area contributed by atoms with Gasteiger partial charge in [-0.2, -0.15) is 10.1 Å². The molecule has 1 aromatic heterocycles. The highest BCUT2D eigenvalue weighted by atomic mass is 15.3. The van der Waals surface area contributed by atoms with E-state index in [9.17, 15) is 0 Å². The Morgan fingerprint density at radius 3 is 2.22 bits per heavy atom. The second-order valence-corrected chi connectivity index (χ2v) is 4.63. The molecule has 1 rings (SSSR count). The lowest BCUT2D eigenvalue weighted by molar-refractivity contribution is 0.424. The highest BCUT2D eigenvalue weighted by molar-refractivity contribution is 5.36. The number of likely N-dealkylation sites (N-methyl/N-ethyl adjacent to an activating group) is 2. The van der Waals surface area contributed by atoms with Crippen LogP contribution in [0.4, 0.5) is 11.8 Å². The van der Waals surface area contributed by atoms with Gasteiger partial charge in [-0.15, -0.1) is 5.10 Å². The third-order valence-corrected chi connectivity index (χ3v) is 2.27. The summed E-state index contributed by atoms with van der Waals surface area (Å²) >= 11 is 0. The number of hydrogen-bond acceptors (Lipinski definition) is 7. The Hall–Kier alpha value is -1.47. The zero-order chi connectivity index (χ0) is 13.4. The Bertz CT molecular complexity index is 311. The fourth-order valence-corrected chi connectivity index (χ4v) is 1.26. The molecule has 0 saturated heterocycles. The lowest BCUT2D eigenvalue weighted by Gasteiger charge is -2.12. The minimum atomic E-state index is 0.562. The lowest BCUT2D eigenvalue weighted by atomic mass is 10.5. The summed E-state index contributed by atoms with van der Waals surface area (Å²) in [5.74, 6) is 1.31. The van der Waals surface area contributed by atoms with Crippen LogP contribution in [0.1, 0.15) is 0 Å². The maximum absolute atomic E-state index is 4.33. The molecule has 1 aromatic rings. The molecule has 0 spiro atoms. The monoisotopic (exact) mass is 253 g/mol. The third kappa shape index (κ3) is 6.31. The van der Waals surface area contributed by atoms with E-state index in [4.69, 9.17) is 0 Å². The summed E-state index contributed by atoms with van der Waals surface area (Å²) in [6.45, 7) is 3.52. The average molecular weight is 253 g/mol. The number of nitrogens with one attached hydrogen (secondary N) is 2. The Morgan fingerprint density at radius 1 is 1.00 bits per heavy atom. The lowest BCUT2D eigenvalue weighted by Crippen LogP contribution is -2.23. The molecular weight excluding hydrogens is 230 g/mol. The summed E-state index contributed by atoms with van der Waals surface area (Å²) in [6, 6.07) is 0. The van der Waals surface area contributed by atoms with E-state index < -0.39 is 0 Å². The van der Waals surface area contributed by atoms with Crippen molar-refractivity contribution in [2.45, 2.75) is 0 Å². The molecule has 18 heavy (non-hydrogen) atoms. The van der Waals surface area contributed by atoms with E-state index in [0.29, 0.717) is 5.95 Å². The molecule has 7 nitrogen and oxygen atoms in total. The number of nitrogens with zero attached hydrogens (tertiary/aromatic N) is 5. The molecule has 0 aliphatic heterocycles. The van der Waals surface area contributed by atoms with Crippen LogP contribution < -0.4 is 10.6 Å². The summed E-state index contributed by atoms with van der Waals surface area (Å²) in [5, 5.41) is 14.2. The molecule has 0 radical (unpaired) electrons. The van der Waals surface area contributed by atoms with Gasteiger partial charge in [0.25, 0.3) is 0 Å². The number of rotatable bonds is 8. The molecule has 0 amide bonds. The summed E-state index contributed by atoms with van der Waals surface area (Å²) in [6.07, 6.45) is 1.63. The molecule has 0 aliphatic rings. The smallest absolute Gasteiger partial charge is 0.244 e. The average Bonchev–Trinajstić information content (AvgIpc) is 2.28. The van der Waals surface area contributed by atoms with Crippen molar-refractivity contribution < 1.29 is 0 Å². The van der Waals surface area contributed by atoms with Crippen molar-refractivity contribution in [1.82, 2.24) is 25.0 Å². The van der Waals surface area contributed by atoms with Gasteiger partial charge in [-0.3, -0.25) is 0 Å². The largest absolute Gasteiger partial charge is 0.367 e. The van der Waals surface area contributed by atoms with Gasteiger partial charge in [0.2, 0.25) is 5.95 Å². The van der Waals surface area contributed by atoms with Crippen LogP contribution in [0, 0.1) is 0 Å². The second kappa shape index (κ2) is 7.78. The molecular formula is C11H23N7. The predicted molar refractivity (Wildman–Crippen MR) is 73.9 cm³/mol. The Morgan fingerprint density at radius 2 is 1.61 bits per heavy atom. The molecule has 0 unspecified atom stereocenters. The summed E-state index contributed by atoms with van der Waals surface area (Å²) in [5.41, 5.74) is 0. The number of hydrogen-bond donors (Lipinski definition) is 2. The van der Waals surface area contributed by atoms with Crippen LogP contribution in [0.3, 0.4) is 0 Å². The van der Waals surface area contributed by atoms with Crippen molar-refractivity contribution in [3.05, 3.63) is 6.20 Å². The van der Waals surface area contributed by atoms with E-state index >= 15 is 0 Å². The quantitative estimate of drug-likeness (QED) is 0.666. The van der Waals surface area contributed by atoms with Gasteiger partial charge in [-0.25, -0.2) is 0 Å². The van der Waals surface area contributed by atoms with Gasteiger partial charge >= 0.3 is 0 Å². The number of aromatic nitrogens is 3. The van der Waals surface area contributed by atoms with Gasteiger partial charge in [0.05, 0.1) is 6.20 Å². The highest BCUT2D eigenvalue weighted by Crippen LogP contribution is 2.02. The first-order chi connectivity index (χ1) is 8.58. The van der Waals surface area contributed by atoms with Crippen LogP contribution in [-0.4, -0.2) is 79.4 Å². The normalized spacial score (nSPS) is 11.0. The first kappa shape index (κ1) is 14.6. The summed E-state index contributed by atoms with van der Waals surface area (Å²) in [7, 11) is 8.13. The highest BCUT2D eigenvalue weighted by Gasteiger charge is 2.00. The van der Waals surface area contributed by atoms with Gasteiger partial charge in [-0.05, 0) is 28.2 Å². The third-order valence-electron chi connectivity index (χ3n) is 2.27. The van der Waals surface area contributed by atoms with Crippen molar-refractivity contribution in [2.24, 2.45) is 0 Å². The maximum atomic E-state index is 4.33. The van der Waals surface area contributed by atoms with Crippen LogP contribution >= 0.6 is 0 Å². The minimum Gasteiger partial charge on any atom is -0.367 e. The van der Waals surface area contributed by atoms with E-state index in [1.54, 1.807) is 6.20 Å². The first-order valence-corrected chi connectivity index (χ1v) is 6.05. The van der Waals surface area contributed by atoms with E-state index in [1.165, 1.54) is 0 Å². The molecule has 0 aromatic carbocycles. The maximum Gasteiger partial charge on any atom is 0.244 e. The molecule has 0 aliphatic carbocycles. The van der Waals surface area contributed by atoms with Crippen LogP contribution in [0.5, 0.6) is 0 Å². The molecule has 7 heteroatoms. The molecule has 0 saturated carbocycles. The van der Waals surface area contributed by atoms with Crippen LogP contribution in [0.15, 0.2) is 6.20 Å². The van der Waals surface area contributed by atoms with Crippen molar-refractivity contribution in [2.75, 3.05) is 65.0 Å². The van der Waals surface area contributed by atoms with Crippen molar-refractivity contribution in [3.63, 3.8) is 0 Å². The Balaban J connectivity index is 2.36. The van der Waals surface area contributed by atoms with Gasteiger partial charge < -0.3 is 20.4 Å². The van der Waals surface area contributed by atoms with Crippen LogP contribution in [-0.2, 0) is 0 Å². The molecule has 0 fully saturated rings. The van der Waals surface area contributed by atoms with E-state index in [2.05, 4.69) is 35.6 Å². The second-order valence-electron chi connectivity index (χ2n) is 4.63. The van der Waals surface area contributed by atoms with Crippen LogP contribution in [0.2, 0.25) is 0 Å². The zero-order valence-electron chi connectivity index (χ0n) is 11.6. The SMILES string of the molecule is CN(C)CCNc1cnnc(NCCN(C)C)n1. The molecule has 0 atom stereocenters. The fourth-order valence-electron chi connectivity index (χ4n) is 1.26. The Kier molecular flexibility index (Phi) is 6.31. The minimum absolute atomic E-state index is 0.562. The predicted octanol–water partition coefficient (Wildman–Crippen LogP) is -0.181. The molecule has 0 bridgehead atoms. The Labute approximate surface area is 109 Å². The van der Waals surface area contributed by atoms with E-state index in [-0.39, 0.29) is 0 Å². The summed E-state index contributed by atoms with van der Waals surface area (Å²) < 4.78 is 0. The van der Waals surface area contributed by atoms with Gasteiger partial charge in [-0.1, -0.05) is 0 Å². The standard InChI is InChI=1S/C11H23N7/c1-17(2)7-5-12-10-9-14-16-11(15-10)13-6-8-18(3)4/h9H,5-8H2,1-4H3,(H2,12,13,15,16). The van der Waals surface area contributed by atoms with Crippen LogP contribution in [0.25, 0.3) is 0 Å². The molecule has 1 heterocycles. The van der Waals surface area contributed by atoms with E-state index in [1.807, 2.05) is 28.2 Å². The van der Waals surface area contributed by atoms with E-state index in [0.717, 1.165) is 32.0 Å². The zero-order valence-corrected chi connectivity index (χ0v) is 11.6.